The van der Waals surface area contributed by atoms with Crippen LogP contribution < -0.4 is 10.6 Å². The van der Waals surface area contributed by atoms with Crippen LogP contribution in [0, 0.1) is 0 Å². The van der Waals surface area contributed by atoms with Crippen LogP contribution >= 0.6 is 0 Å². The van der Waals surface area contributed by atoms with Gasteiger partial charge in [0.2, 0.25) is 5.95 Å². The number of fused-ring (bicyclic) bond motifs is 1. The summed E-state index contributed by atoms with van der Waals surface area (Å²) < 4.78 is 79.6. The lowest BCUT2D eigenvalue weighted by Gasteiger charge is -2.32. The molecule has 0 aliphatic carbocycles. The lowest BCUT2D eigenvalue weighted by molar-refractivity contribution is -0.362. The van der Waals surface area contributed by atoms with Crippen molar-refractivity contribution in [1.29, 1.82) is 0 Å². The van der Waals surface area contributed by atoms with Gasteiger partial charge in [-0.2, -0.15) is 36.3 Å². The first-order valence-corrected chi connectivity index (χ1v) is 9.77. The van der Waals surface area contributed by atoms with Gasteiger partial charge in [-0.25, -0.2) is 4.98 Å². The molecule has 0 unspecified atom stereocenters. The zero-order valence-corrected chi connectivity index (χ0v) is 18.1. The van der Waals surface area contributed by atoms with Crippen LogP contribution in [0.2, 0.25) is 0 Å². The van der Waals surface area contributed by atoms with Crippen LogP contribution in [0.1, 0.15) is 26.8 Å². The van der Waals surface area contributed by atoms with Crippen LogP contribution in [0.5, 0.6) is 0 Å². The molecule has 2 heterocycles. The molecule has 0 spiro atoms. The predicted molar refractivity (Wildman–Crippen MR) is 113 cm³/mol. The third kappa shape index (κ3) is 5.64. The molecule has 0 atom stereocenters. The Kier molecular flexibility index (Phi) is 7.78. The molecule has 0 radical (unpaired) electrons. The van der Waals surface area contributed by atoms with Crippen molar-refractivity contribution in [1.82, 2.24) is 19.5 Å². The van der Waals surface area contributed by atoms with Gasteiger partial charge in [-0.05, 0) is 26.3 Å². The summed E-state index contributed by atoms with van der Waals surface area (Å²) in [6.07, 6.45) is -3.61. The largest absolute Gasteiger partial charge is 0.428 e. The summed E-state index contributed by atoms with van der Waals surface area (Å²) in [4.78, 5) is 12.2. The number of aromatic nitrogens is 4. The molecule has 0 saturated carbocycles. The highest BCUT2D eigenvalue weighted by molar-refractivity contribution is 5.84. The second kappa shape index (κ2) is 9.81. The van der Waals surface area contributed by atoms with Crippen LogP contribution in [-0.2, 0) is 0 Å². The minimum absolute atomic E-state index is 0.0812. The number of aliphatic hydroxyl groups is 1. The highest BCUT2D eigenvalue weighted by Crippen LogP contribution is 2.43. The van der Waals surface area contributed by atoms with Crippen molar-refractivity contribution in [3.05, 3.63) is 42.8 Å². The number of anilines is 2. The van der Waals surface area contributed by atoms with E-state index in [0.29, 0.717) is 0 Å². The van der Waals surface area contributed by atoms with Gasteiger partial charge < -0.3 is 20.3 Å². The van der Waals surface area contributed by atoms with E-state index < -0.39 is 30.4 Å². The zero-order valence-electron chi connectivity index (χ0n) is 18.1. The smallest absolute Gasteiger partial charge is 0.372 e. The summed E-state index contributed by atoms with van der Waals surface area (Å²) in [6.45, 7) is 7.37. The Hall–Kier alpha value is -3.09. The molecule has 182 valence electrons. The van der Waals surface area contributed by atoms with Gasteiger partial charge in [-0.3, -0.25) is 0 Å². The average molecular weight is 478 g/mol. The quantitative estimate of drug-likeness (QED) is 0.355. The van der Waals surface area contributed by atoms with Gasteiger partial charge in [-0.15, -0.1) is 0 Å². The molecule has 0 aromatic carbocycles. The van der Waals surface area contributed by atoms with Crippen LogP contribution in [0.15, 0.2) is 42.8 Å². The number of imidazole rings is 1. The van der Waals surface area contributed by atoms with Crippen LogP contribution in [-0.4, -0.2) is 55.7 Å². The van der Waals surface area contributed by atoms with Crippen molar-refractivity contribution in [3.8, 4) is 0 Å². The van der Waals surface area contributed by atoms with Crippen molar-refractivity contribution in [2.75, 3.05) is 23.7 Å². The van der Waals surface area contributed by atoms with Gasteiger partial charge in [0, 0.05) is 12.6 Å². The maximum absolute atomic E-state index is 13.0. The third-order valence-electron chi connectivity index (χ3n) is 4.64. The molecule has 0 aliphatic heterocycles. The van der Waals surface area contributed by atoms with E-state index in [1.807, 2.05) is 12.2 Å². The molecule has 2 aromatic heterocycles. The van der Waals surface area contributed by atoms with Gasteiger partial charge >= 0.3 is 12.4 Å². The Balaban J connectivity index is 2.47. The molecule has 2 rings (SSSR count). The lowest BCUT2D eigenvalue weighted by atomic mass is 10.0. The molecule has 0 aliphatic rings. The van der Waals surface area contributed by atoms with E-state index in [-0.39, 0.29) is 29.6 Å². The molecule has 0 bridgehead atoms. The van der Waals surface area contributed by atoms with E-state index in [2.05, 4.69) is 26.8 Å². The molecule has 7 nitrogen and oxygen atoms in total. The standard InChI is InChI=1S/C20H24F6N6O/c1-5-7-8-13(6-2)9-27-15-14-16(32(11-29-14)12(3)4)31-17(30-15)28-10-18(33,19(21,22)23)20(24,25)26/h5-8,11-12,33H,2,9-10H2,1,3-4H3,(H2,27,28,30,31)/b7-5-,13-8+. The highest BCUT2D eigenvalue weighted by atomic mass is 19.4. The normalized spacial score (nSPS) is 13.8. The highest BCUT2D eigenvalue weighted by Gasteiger charge is 2.70. The topological polar surface area (TPSA) is 87.9 Å². The number of halogens is 6. The van der Waals surface area contributed by atoms with Gasteiger partial charge in [0.25, 0.3) is 5.60 Å². The first-order chi connectivity index (χ1) is 15.2. The molecular weight excluding hydrogens is 454 g/mol. The number of allylic oxidation sites excluding steroid dienone is 3. The molecule has 0 fully saturated rings. The van der Waals surface area contributed by atoms with Crippen molar-refractivity contribution >= 4 is 22.9 Å². The van der Waals surface area contributed by atoms with E-state index in [1.165, 1.54) is 6.33 Å². The Morgan fingerprint density at radius 3 is 2.30 bits per heavy atom. The minimum atomic E-state index is -5.97. The number of hydrogen-bond acceptors (Lipinski definition) is 6. The van der Waals surface area contributed by atoms with E-state index >= 15 is 0 Å². The van der Waals surface area contributed by atoms with Crippen LogP contribution in [0.4, 0.5) is 38.1 Å². The molecule has 0 saturated heterocycles. The fraction of sp³-hybridized carbons (Fsp3) is 0.450. The minimum Gasteiger partial charge on any atom is -0.372 e. The molecule has 0 amide bonds. The first-order valence-electron chi connectivity index (χ1n) is 9.77. The van der Waals surface area contributed by atoms with Gasteiger partial charge in [0.15, 0.2) is 17.0 Å². The Morgan fingerprint density at radius 2 is 1.79 bits per heavy atom. The molecular formula is C20H24F6N6O. The summed E-state index contributed by atoms with van der Waals surface area (Å²) in [6, 6.07) is -0.161. The first kappa shape index (κ1) is 26.2. The zero-order chi connectivity index (χ0) is 25.0. The number of rotatable bonds is 9. The fourth-order valence-corrected chi connectivity index (χ4v) is 2.67. The lowest BCUT2D eigenvalue weighted by Crippen LogP contribution is -2.61. The van der Waals surface area contributed by atoms with Gasteiger partial charge in [-0.1, -0.05) is 30.9 Å². The van der Waals surface area contributed by atoms with Crippen molar-refractivity contribution in [2.45, 2.75) is 44.8 Å². The molecule has 33 heavy (non-hydrogen) atoms. The second-order valence-corrected chi connectivity index (χ2v) is 7.35. The van der Waals surface area contributed by atoms with E-state index in [0.717, 1.165) is 5.57 Å². The summed E-state index contributed by atoms with van der Waals surface area (Å²) in [7, 11) is 0. The molecule has 13 heteroatoms. The van der Waals surface area contributed by atoms with E-state index in [1.54, 1.807) is 42.7 Å². The van der Waals surface area contributed by atoms with Gasteiger partial charge in [0.05, 0.1) is 12.9 Å². The SMILES string of the molecule is C=C/C(=C\C=C/C)CNc1nc(NCC(O)(C(F)(F)F)C(F)(F)F)nc2c1ncn2C(C)C. The maximum Gasteiger partial charge on any atom is 0.428 e. The summed E-state index contributed by atoms with van der Waals surface area (Å²) in [5.41, 5.74) is -3.80. The summed E-state index contributed by atoms with van der Waals surface area (Å²) in [5.74, 6) is -0.463. The maximum atomic E-state index is 13.0. The van der Waals surface area contributed by atoms with Crippen LogP contribution in [0.3, 0.4) is 0 Å². The number of hydrogen-bond donors (Lipinski definition) is 3. The van der Waals surface area contributed by atoms with E-state index in [9.17, 15) is 31.4 Å². The monoisotopic (exact) mass is 478 g/mol. The van der Waals surface area contributed by atoms with Crippen molar-refractivity contribution in [3.63, 3.8) is 0 Å². The number of alkyl halides is 6. The fourth-order valence-electron chi connectivity index (χ4n) is 2.67. The predicted octanol–water partition coefficient (Wildman–Crippen LogP) is 4.78. The number of nitrogens with zero attached hydrogens (tertiary/aromatic N) is 4. The second-order valence-electron chi connectivity index (χ2n) is 7.35. The Bertz CT molecular complexity index is 1020. The third-order valence-corrected chi connectivity index (χ3v) is 4.64. The Morgan fingerprint density at radius 1 is 1.15 bits per heavy atom. The molecule has 3 N–H and O–H groups in total. The summed E-state index contributed by atoms with van der Waals surface area (Å²) >= 11 is 0. The van der Waals surface area contributed by atoms with Gasteiger partial charge in [0.1, 0.15) is 0 Å². The van der Waals surface area contributed by atoms with Crippen molar-refractivity contribution in [2.24, 2.45) is 0 Å². The van der Waals surface area contributed by atoms with E-state index in [4.69, 9.17) is 0 Å². The summed E-state index contributed by atoms with van der Waals surface area (Å²) in [5, 5.41) is 14.2. The average Bonchev–Trinajstić information content (AvgIpc) is 3.14. The van der Waals surface area contributed by atoms with Crippen molar-refractivity contribution < 1.29 is 31.4 Å². The Labute approximate surface area is 185 Å². The van der Waals surface area contributed by atoms with Crippen LogP contribution in [0.25, 0.3) is 11.2 Å². The number of nitrogens with one attached hydrogen (secondary N) is 2. The molecule has 2 aromatic rings.